The average molecular weight is 592 g/mol. The van der Waals surface area contributed by atoms with Gasteiger partial charge >= 0.3 is 0 Å². The van der Waals surface area contributed by atoms with Crippen molar-refractivity contribution in [1.82, 2.24) is 20.1 Å². The van der Waals surface area contributed by atoms with Crippen LogP contribution in [0.4, 0.5) is 5.82 Å². The van der Waals surface area contributed by atoms with Crippen LogP contribution in [0.15, 0.2) is 127 Å². The number of nitrogens with zero attached hydrogens (tertiary/aromatic N) is 4. The fraction of sp³-hybridized carbons (Fsp3) is 0.205. The monoisotopic (exact) mass is 591 g/mol. The number of carbonyl (C=O) groups excluding carboxylic acids is 1. The second kappa shape index (κ2) is 12.0. The molecule has 45 heavy (non-hydrogen) atoms. The molecule has 0 bridgehead atoms. The Morgan fingerprint density at radius 1 is 0.822 bits per heavy atom. The predicted molar refractivity (Wildman–Crippen MR) is 180 cm³/mol. The van der Waals surface area contributed by atoms with Crippen molar-refractivity contribution in [2.45, 2.75) is 38.3 Å². The number of hydrogen-bond acceptors (Lipinski definition) is 4. The first-order valence-electron chi connectivity index (χ1n) is 15.8. The maximum atomic E-state index is 13.4. The number of rotatable bonds is 9. The van der Waals surface area contributed by atoms with E-state index in [1.54, 1.807) is 0 Å². The van der Waals surface area contributed by atoms with Gasteiger partial charge in [0.25, 0.3) is 0 Å². The van der Waals surface area contributed by atoms with Gasteiger partial charge in [-0.15, -0.1) is 0 Å². The molecule has 6 nitrogen and oxygen atoms in total. The van der Waals surface area contributed by atoms with Gasteiger partial charge in [0.1, 0.15) is 5.54 Å². The Morgan fingerprint density at radius 2 is 1.36 bits per heavy atom. The van der Waals surface area contributed by atoms with Crippen molar-refractivity contribution in [2.75, 3.05) is 18.0 Å². The lowest BCUT2D eigenvalue weighted by molar-refractivity contribution is -0.121. The summed E-state index contributed by atoms with van der Waals surface area (Å²) < 4.78 is 2.20. The van der Waals surface area contributed by atoms with Crippen molar-refractivity contribution in [1.29, 1.82) is 0 Å². The number of pyridine rings is 1. The molecule has 0 unspecified atom stereocenters. The van der Waals surface area contributed by atoms with Crippen LogP contribution >= 0.6 is 0 Å². The summed E-state index contributed by atoms with van der Waals surface area (Å²) in [5.74, 6) is 0.894. The van der Waals surface area contributed by atoms with Crippen LogP contribution in [0, 0.1) is 0 Å². The second-order valence-electron chi connectivity index (χ2n) is 11.7. The van der Waals surface area contributed by atoms with Crippen molar-refractivity contribution in [3.8, 4) is 0 Å². The van der Waals surface area contributed by atoms with Crippen LogP contribution in [0.2, 0.25) is 0 Å². The lowest BCUT2D eigenvalue weighted by atomic mass is 9.77. The van der Waals surface area contributed by atoms with Gasteiger partial charge in [-0.1, -0.05) is 121 Å². The summed E-state index contributed by atoms with van der Waals surface area (Å²) in [6, 6.07) is 43.9. The third kappa shape index (κ3) is 5.06. The normalized spacial score (nSPS) is 13.5. The van der Waals surface area contributed by atoms with E-state index in [2.05, 4.69) is 119 Å². The molecule has 1 atom stereocenters. The minimum Gasteiger partial charge on any atom is -0.354 e. The van der Waals surface area contributed by atoms with E-state index in [1.807, 2.05) is 37.3 Å². The van der Waals surface area contributed by atoms with Crippen LogP contribution in [0.5, 0.6) is 0 Å². The van der Waals surface area contributed by atoms with Gasteiger partial charge in [-0.05, 0) is 42.2 Å². The smallest absolute Gasteiger partial charge is 0.226 e. The molecule has 224 valence electrons. The Morgan fingerprint density at radius 3 is 1.89 bits per heavy atom. The first-order valence-corrected chi connectivity index (χ1v) is 15.8. The molecule has 1 aliphatic rings. The van der Waals surface area contributed by atoms with Crippen LogP contribution < -0.4 is 10.2 Å². The standard InChI is InChI=1S/C39H37N5O/c1-3-43-25-24-34-37-35(26-33(41-34)27-36(45)40-28(2)29-16-8-4-9-17-29)44(42-38(37)43)39(30-18-10-5-11-19-30,31-20-12-6-13-21-31)32-22-14-7-15-23-32/h4-23,26,28H,3,24-25,27H2,1-2H3,(H,40,45)/t28-/m1/s1. The van der Waals surface area contributed by atoms with Crippen LogP contribution in [0.1, 0.15) is 53.5 Å². The molecule has 0 radical (unpaired) electrons. The molecule has 0 saturated heterocycles. The molecular formula is C39H37N5O. The van der Waals surface area contributed by atoms with E-state index >= 15 is 0 Å². The number of carbonyl (C=O) groups is 1. The fourth-order valence-electron chi connectivity index (χ4n) is 6.84. The van der Waals surface area contributed by atoms with Gasteiger partial charge in [0.05, 0.1) is 34.8 Å². The van der Waals surface area contributed by atoms with Crippen LogP contribution in [0.25, 0.3) is 10.9 Å². The molecule has 3 heterocycles. The minimum atomic E-state index is -0.774. The molecule has 0 saturated carbocycles. The quantitative estimate of drug-likeness (QED) is 0.183. The van der Waals surface area contributed by atoms with Crippen molar-refractivity contribution in [3.63, 3.8) is 0 Å². The first kappa shape index (κ1) is 28.5. The van der Waals surface area contributed by atoms with E-state index < -0.39 is 5.54 Å². The predicted octanol–water partition coefficient (Wildman–Crippen LogP) is 7.07. The number of likely N-dealkylation sites (N-methyl/N-ethyl adjacent to an activating group) is 1. The van der Waals surface area contributed by atoms with Gasteiger partial charge in [-0.25, -0.2) is 4.68 Å². The summed E-state index contributed by atoms with van der Waals surface area (Å²) in [5.41, 5.74) is 6.34. The SMILES string of the molecule is CCN1CCc2nc(CC(=O)N[C@H](C)c3ccccc3)cc3c2c1nn3C(c1ccccc1)(c1ccccc1)c1ccccc1. The molecule has 1 N–H and O–H groups in total. The molecule has 6 heteroatoms. The van der Waals surface area contributed by atoms with E-state index in [0.29, 0.717) is 0 Å². The molecule has 0 fully saturated rings. The lowest BCUT2D eigenvalue weighted by Gasteiger charge is -2.37. The zero-order valence-electron chi connectivity index (χ0n) is 25.7. The maximum absolute atomic E-state index is 13.4. The summed E-state index contributed by atoms with van der Waals surface area (Å²) in [6.45, 7) is 5.87. The van der Waals surface area contributed by atoms with E-state index in [-0.39, 0.29) is 18.4 Å². The van der Waals surface area contributed by atoms with Crippen LogP contribution in [-0.4, -0.2) is 33.8 Å². The summed E-state index contributed by atoms with van der Waals surface area (Å²) in [6.07, 6.45) is 0.987. The molecule has 2 aromatic heterocycles. The molecule has 6 aromatic rings. The largest absolute Gasteiger partial charge is 0.354 e. The van der Waals surface area contributed by atoms with E-state index in [0.717, 1.165) is 69.9 Å². The number of nitrogens with one attached hydrogen (secondary N) is 1. The Bertz CT molecular complexity index is 1820. The summed E-state index contributed by atoms with van der Waals surface area (Å²) >= 11 is 0. The number of aromatic nitrogens is 3. The number of hydrogen-bond donors (Lipinski definition) is 1. The van der Waals surface area contributed by atoms with Crippen LogP contribution in [-0.2, 0) is 23.2 Å². The highest BCUT2D eigenvalue weighted by Crippen LogP contribution is 2.45. The van der Waals surface area contributed by atoms with E-state index in [9.17, 15) is 4.79 Å². The number of benzene rings is 4. The van der Waals surface area contributed by atoms with Gasteiger partial charge in [-0.2, -0.15) is 5.10 Å². The third-order valence-electron chi connectivity index (χ3n) is 8.98. The van der Waals surface area contributed by atoms with Crippen molar-refractivity contribution >= 4 is 22.6 Å². The number of amides is 1. The topological polar surface area (TPSA) is 63.1 Å². The van der Waals surface area contributed by atoms with Gasteiger partial charge in [0.15, 0.2) is 5.82 Å². The Balaban J connectivity index is 1.45. The van der Waals surface area contributed by atoms with Crippen molar-refractivity contribution in [3.05, 3.63) is 161 Å². The Hall–Kier alpha value is -5.23. The minimum absolute atomic E-state index is 0.0527. The molecule has 0 spiro atoms. The highest BCUT2D eigenvalue weighted by atomic mass is 16.1. The zero-order valence-corrected chi connectivity index (χ0v) is 25.7. The van der Waals surface area contributed by atoms with Gasteiger partial charge < -0.3 is 10.2 Å². The van der Waals surface area contributed by atoms with E-state index in [4.69, 9.17) is 10.1 Å². The Kier molecular flexibility index (Phi) is 7.64. The summed E-state index contributed by atoms with van der Waals surface area (Å²) in [5, 5.41) is 9.73. The molecule has 1 amide bonds. The number of anilines is 1. The maximum Gasteiger partial charge on any atom is 0.226 e. The first-order chi connectivity index (χ1) is 22.1. The highest BCUT2D eigenvalue weighted by Gasteiger charge is 2.42. The molecular weight excluding hydrogens is 554 g/mol. The highest BCUT2D eigenvalue weighted by molar-refractivity contribution is 5.95. The third-order valence-corrected chi connectivity index (χ3v) is 8.98. The molecule has 4 aromatic carbocycles. The van der Waals surface area contributed by atoms with Gasteiger partial charge in [-0.3, -0.25) is 9.78 Å². The van der Waals surface area contributed by atoms with Gasteiger partial charge in [0.2, 0.25) is 5.91 Å². The molecule has 0 aliphatic carbocycles. The fourth-order valence-corrected chi connectivity index (χ4v) is 6.84. The van der Waals surface area contributed by atoms with E-state index in [1.165, 1.54) is 0 Å². The molecule has 1 aliphatic heterocycles. The Labute approximate surface area is 264 Å². The van der Waals surface area contributed by atoms with Crippen molar-refractivity contribution in [2.24, 2.45) is 0 Å². The summed E-state index contributed by atoms with van der Waals surface area (Å²) in [4.78, 5) is 20.8. The second-order valence-corrected chi connectivity index (χ2v) is 11.7. The average Bonchev–Trinajstić information content (AvgIpc) is 3.47. The summed E-state index contributed by atoms with van der Waals surface area (Å²) in [7, 11) is 0. The molecule has 7 rings (SSSR count). The van der Waals surface area contributed by atoms with Crippen molar-refractivity contribution < 1.29 is 4.79 Å². The van der Waals surface area contributed by atoms with Crippen LogP contribution in [0.3, 0.4) is 0 Å². The van der Waals surface area contributed by atoms with Gasteiger partial charge in [0, 0.05) is 19.5 Å². The lowest BCUT2D eigenvalue weighted by Crippen LogP contribution is -2.39. The zero-order chi connectivity index (χ0) is 30.8.